The van der Waals surface area contributed by atoms with Crippen LogP contribution in [0.25, 0.3) is 0 Å². The van der Waals surface area contributed by atoms with E-state index in [1.165, 1.54) is 10.5 Å². The number of piperazine rings is 1. The molecule has 0 bridgehead atoms. The number of aromatic nitrogens is 1. The lowest BCUT2D eigenvalue weighted by molar-refractivity contribution is -0.133. The molecule has 0 spiro atoms. The molecular formula is C20H26N4O3S. The van der Waals surface area contributed by atoms with Crippen molar-refractivity contribution < 1.29 is 13.2 Å². The smallest absolute Gasteiger partial charge is 0.244 e. The normalized spacial score (nSPS) is 17.2. The van der Waals surface area contributed by atoms with Gasteiger partial charge in [-0.15, -0.1) is 0 Å². The third-order valence-corrected chi connectivity index (χ3v) is 7.10. The lowest BCUT2D eigenvalue weighted by Gasteiger charge is -2.35. The highest BCUT2D eigenvalue weighted by molar-refractivity contribution is 7.89. The summed E-state index contributed by atoms with van der Waals surface area (Å²) in [6, 6.07) is 13.1. The van der Waals surface area contributed by atoms with Crippen LogP contribution in [0.1, 0.15) is 18.5 Å². The van der Waals surface area contributed by atoms with Gasteiger partial charge in [0.25, 0.3) is 0 Å². The van der Waals surface area contributed by atoms with Crippen molar-refractivity contribution in [2.45, 2.75) is 17.9 Å². The van der Waals surface area contributed by atoms with Gasteiger partial charge in [-0.1, -0.05) is 30.3 Å². The Morgan fingerprint density at radius 1 is 1.11 bits per heavy atom. The summed E-state index contributed by atoms with van der Waals surface area (Å²) in [5, 5.41) is 0. The van der Waals surface area contributed by atoms with Gasteiger partial charge in [0, 0.05) is 45.6 Å². The Kier molecular flexibility index (Phi) is 6.43. The summed E-state index contributed by atoms with van der Waals surface area (Å²) < 4.78 is 26.8. The number of pyridine rings is 1. The number of sulfonamides is 1. The molecule has 0 saturated carbocycles. The number of benzene rings is 1. The molecule has 0 N–H and O–H groups in total. The largest absolute Gasteiger partial charge is 0.338 e. The number of carbonyl (C=O) groups is 1. The fourth-order valence-corrected chi connectivity index (χ4v) is 4.64. The molecule has 2 aromatic rings. The van der Waals surface area contributed by atoms with E-state index in [9.17, 15) is 13.2 Å². The van der Waals surface area contributed by atoms with Crippen molar-refractivity contribution in [3.63, 3.8) is 0 Å². The molecule has 3 rings (SSSR count). The van der Waals surface area contributed by atoms with Gasteiger partial charge in [0.05, 0.1) is 12.6 Å². The molecular weight excluding hydrogens is 376 g/mol. The molecule has 1 saturated heterocycles. The lowest BCUT2D eigenvalue weighted by atomic mass is 10.1. The minimum atomic E-state index is -3.53. The average molecular weight is 403 g/mol. The number of nitrogens with zero attached hydrogens (tertiary/aromatic N) is 4. The van der Waals surface area contributed by atoms with E-state index in [2.05, 4.69) is 4.98 Å². The summed E-state index contributed by atoms with van der Waals surface area (Å²) in [6.45, 7) is 4.07. The van der Waals surface area contributed by atoms with Gasteiger partial charge in [0.2, 0.25) is 15.9 Å². The molecule has 1 unspecified atom stereocenters. The molecule has 7 nitrogen and oxygen atoms in total. The molecule has 1 amide bonds. The summed E-state index contributed by atoms with van der Waals surface area (Å²) in [4.78, 5) is 20.5. The molecule has 0 radical (unpaired) electrons. The third-order valence-electron chi connectivity index (χ3n) is 5.22. The first-order valence-corrected chi connectivity index (χ1v) is 10.8. The zero-order chi connectivity index (χ0) is 20.1. The van der Waals surface area contributed by atoms with E-state index in [0.29, 0.717) is 26.2 Å². The summed E-state index contributed by atoms with van der Waals surface area (Å²) in [5.41, 5.74) is 1.09. The highest BCUT2D eigenvalue weighted by Gasteiger charge is 2.30. The Hall–Kier alpha value is -2.29. The standard InChI is InChI=1S/C20H26N4O3S/c1-17(18-7-4-3-5-8-18)22(2)20(25)16-23-11-13-24(14-12-23)28(26,27)19-9-6-10-21-15-19/h3-10,15,17H,11-14,16H2,1-2H3. The van der Waals surface area contributed by atoms with Crippen LogP contribution in [0.3, 0.4) is 0 Å². The Morgan fingerprint density at radius 3 is 2.39 bits per heavy atom. The third kappa shape index (κ3) is 4.57. The van der Waals surface area contributed by atoms with E-state index in [-0.39, 0.29) is 23.4 Å². The van der Waals surface area contributed by atoms with Crippen LogP contribution in [0, 0.1) is 0 Å². The van der Waals surface area contributed by atoms with Crippen LogP contribution in [0.2, 0.25) is 0 Å². The number of hydrogen-bond acceptors (Lipinski definition) is 5. The zero-order valence-corrected chi connectivity index (χ0v) is 17.0. The molecule has 1 aliphatic rings. The van der Waals surface area contributed by atoms with Gasteiger partial charge in [-0.05, 0) is 24.6 Å². The molecule has 1 aliphatic heterocycles. The first-order chi connectivity index (χ1) is 13.4. The quantitative estimate of drug-likeness (QED) is 0.734. The monoisotopic (exact) mass is 402 g/mol. The summed E-state index contributed by atoms with van der Waals surface area (Å²) in [7, 11) is -1.72. The van der Waals surface area contributed by atoms with Gasteiger partial charge >= 0.3 is 0 Å². The zero-order valence-electron chi connectivity index (χ0n) is 16.2. The van der Waals surface area contributed by atoms with Crippen LogP contribution in [-0.4, -0.2) is 73.2 Å². The van der Waals surface area contributed by atoms with Crippen molar-refractivity contribution in [1.82, 2.24) is 19.1 Å². The van der Waals surface area contributed by atoms with Crippen molar-refractivity contribution in [2.24, 2.45) is 0 Å². The molecule has 8 heteroatoms. The minimum absolute atomic E-state index is 0.0130. The fraction of sp³-hybridized carbons (Fsp3) is 0.400. The number of rotatable bonds is 6. The second-order valence-corrected chi connectivity index (χ2v) is 8.90. The van der Waals surface area contributed by atoms with Crippen molar-refractivity contribution in [1.29, 1.82) is 0 Å². The molecule has 1 aromatic carbocycles. The predicted molar refractivity (Wildman–Crippen MR) is 107 cm³/mol. The number of carbonyl (C=O) groups excluding carboxylic acids is 1. The van der Waals surface area contributed by atoms with E-state index < -0.39 is 10.0 Å². The number of likely N-dealkylation sites (N-methyl/N-ethyl adjacent to an activating group) is 1. The summed E-state index contributed by atoms with van der Waals surface area (Å²) in [5.74, 6) is 0.0277. The van der Waals surface area contributed by atoms with Gasteiger partial charge in [-0.25, -0.2) is 8.42 Å². The van der Waals surface area contributed by atoms with Crippen LogP contribution < -0.4 is 0 Å². The average Bonchev–Trinajstić information content (AvgIpc) is 2.74. The maximum absolute atomic E-state index is 12.7. The van der Waals surface area contributed by atoms with Gasteiger partial charge in [0.15, 0.2) is 0 Å². The molecule has 2 heterocycles. The van der Waals surface area contributed by atoms with Gasteiger partial charge in [-0.2, -0.15) is 4.31 Å². The van der Waals surface area contributed by atoms with Crippen molar-refractivity contribution in [3.8, 4) is 0 Å². The molecule has 28 heavy (non-hydrogen) atoms. The van der Waals surface area contributed by atoms with E-state index in [1.54, 1.807) is 23.2 Å². The first-order valence-electron chi connectivity index (χ1n) is 9.32. The fourth-order valence-electron chi connectivity index (χ4n) is 3.25. The van der Waals surface area contributed by atoms with Crippen molar-refractivity contribution >= 4 is 15.9 Å². The molecule has 0 aliphatic carbocycles. The summed E-state index contributed by atoms with van der Waals surface area (Å²) in [6.07, 6.45) is 2.92. The number of amides is 1. The highest BCUT2D eigenvalue weighted by Crippen LogP contribution is 2.19. The van der Waals surface area contributed by atoms with Gasteiger partial charge < -0.3 is 4.90 Å². The highest BCUT2D eigenvalue weighted by atomic mass is 32.2. The first kappa shape index (κ1) is 20.4. The van der Waals surface area contributed by atoms with Crippen LogP contribution in [-0.2, 0) is 14.8 Å². The van der Waals surface area contributed by atoms with Crippen LogP contribution >= 0.6 is 0 Å². The topological polar surface area (TPSA) is 73.8 Å². The second kappa shape index (κ2) is 8.81. The van der Waals surface area contributed by atoms with Gasteiger partial charge in [0.1, 0.15) is 4.90 Å². The molecule has 1 atom stereocenters. The van der Waals surface area contributed by atoms with Crippen LogP contribution in [0.15, 0.2) is 59.8 Å². The van der Waals surface area contributed by atoms with Crippen molar-refractivity contribution in [3.05, 3.63) is 60.4 Å². The SMILES string of the molecule is CC(c1ccccc1)N(C)C(=O)CN1CCN(S(=O)(=O)c2cccnc2)CC1. The van der Waals surface area contributed by atoms with Crippen LogP contribution in [0.5, 0.6) is 0 Å². The van der Waals surface area contributed by atoms with Crippen LogP contribution in [0.4, 0.5) is 0 Å². The molecule has 150 valence electrons. The van der Waals surface area contributed by atoms with Crippen molar-refractivity contribution in [2.75, 3.05) is 39.8 Å². The minimum Gasteiger partial charge on any atom is -0.338 e. The second-order valence-electron chi connectivity index (χ2n) is 6.96. The van der Waals surface area contributed by atoms with E-state index in [4.69, 9.17) is 0 Å². The molecule has 1 fully saturated rings. The van der Waals surface area contributed by atoms with Gasteiger partial charge in [-0.3, -0.25) is 14.7 Å². The summed E-state index contributed by atoms with van der Waals surface area (Å²) >= 11 is 0. The maximum atomic E-state index is 12.7. The van der Waals surface area contributed by atoms with E-state index >= 15 is 0 Å². The Bertz CT molecular complexity index is 882. The van der Waals surface area contributed by atoms with E-state index in [1.807, 2.05) is 49.2 Å². The Balaban J connectivity index is 1.55. The maximum Gasteiger partial charge on any atom is 0.244 e. The predicted octanol–water partition coefficient (Wildman–Crippen LogP) is 1.61. The van der Waals surface area contributed by atoms with E-state index in [0.717, 1.165) is 5.56 Å². The Labute approximate surface area is 166 Å². The Morgan fingerprint density at radius 2 is 1.79 bits per heavy atom. The lowest BCUT2D eigenvalue weighted by Crippen LogP contribution is -2.51. The number of hydrogen-bond donors (Lipinski definition) is 0. The molecule has 1 aromatic heterocycles.